The maximum Gasteiger partial charge on any atom is 0.338 e. The Morgan fingerprint density at radius 1 is 1.03 bits per heavy atom. The number of rotatable bonds is 8. The van der Waals surface area contributed by atoms with E-state index < -0.39 is 22.6 Å². The van der Waals surface area contributed by atoms with Gasteiger partial charge >= 0.3 is 5.97 Å². The van der Waals surface area contributed by atoms with Gasteiger partial charge in [0.15, 0.2) is 6.61 Å². The van der Waals surface area contributed by atoms with Gasteiger partial charge in [0.2, 0.25) is 0 Å². The molecule has 0 saturated carbocycles. The van der Waals surface area contributed by atoms with Gasteiger partial charge in [0.1, 0.15) is 11.5 Å². The molecule has 1 heterocycles. The van der Waals surface area contributed by atoms with Crippen molar-refractivity contribution in [2.45, 2.75) is 24.3 Å². The minimum absolute atomic E-state index is 0.0122. The quantitative estimate of drug-likeness (QED) is 0.379. The van der Waals surface area contributed by atoms with E-state index in [0.717, 1.165) is 15.6 Å². The van der Waals surface area contributed by atoms with E-state index in [-0.39, 0.29) is 38.9 Å². The average molecular weight is 559 g/mol. The van der Waals surface area contributed by atoms with E-state index in [2.05, 4.69) is 0 Å². The standard InChI is InChI=1S/C27H27ClN2O7S/c1-17-12-18-8-5-6-11-22(18)30(17)26(31)16-37-27(32)19-9-7-10-20(13-19)38(33,34)29(2)23-14-21(28)24(35-3)15-25(23)36-4/h5-11,13-15,17H,12,16H2,1-4H3. The van der Waals surface area contributed by atoms with E-state index in [1.54, 1.807) is 4.90 Å². The highest BCUT2D eigenvalue weighted by atomic mass is 35.5. The van der Waals surface area contributed by atoms with Crippen molar-refractivity contribution in [1.82, 2.24) is 0 Å². The minimum atomic E-state index is -4.13. The lowest BCUT2D eigenvalue weighted by molar-refractivity contribution is -0.122. The zero-order valence-electron chi connectivity index (χ0n) is 21.3. The molecule has 0 fully saturated rings. The molecule has 1 amide bonds. The molecule has 0 N–H and O–H groups in total. The summed E-state index contributed by atoms with van der Waals surface area (Å²) in [7, 11) is 0.0398. The molecule has 200 valence electrons. The van der Waals surface area contributed by atoms with Crippen LogP contribution in [0.15, 0.2) is 65.6 Å². The fourth-order valence-corrected chi connectivity index (χ4v) is 5.87. The highest BCUT2D eigenvalue weighted by Crippen LogP contribution is 2.39. The number of fused-ring (bicyclic) bond motifs is 1. The van der Waals surface area contributed by atoms with Gasteiger partial charge in [0.05, 0.1) is 35.4 Å². The van der Waals surface area contributed by atoms with E-state index >= 15 is 0 Å². The third-order valence-electron chi connectivity index (χ3n) is 6.32. The number of nitrogens with zero attached hydrogens (tertiary/aromatic N) is 2. The summed E-state index contributed by atoms with van der Waals surface area (Å²) in [4.78, 5) is 27.1. The maximum atomic E-state index is 13.4. The van der Waals surface area contributed by atoms with Crippen LogP contribution in [-0.2, 0) is 26.0 Å². The van der Waals surface area contributed by atoms with Crippen LogP contribution < -0.4 is 18.7 Å². The Kier molecular flexibility index (Phi) is 7.84. The number of esters is 1. The van der Waals surface area contributed by atoms with E-state index in [9.17, 15) is 18.0 Å². The fraction of sp³-hybridized carbons (Fsp3) is 0.259. The number of ether oxygens (including phenoxy) is 3. The summed E-state index contributed by atoms with van der Waals surface area (Å²) >= 11 is 6.22. The Morgan fingerprint density at radius 2 is 1.74 bits per heavy atom. The summed E-state index contributed by atoms with van der Waals surface area (Å²) in [6.07, 6.45) is 0.716. The van der Waals surface area contributed by atoms with Crippen LogP contribution >= 0.6 is 11.6 Å². The van der Waals surface area contributed by atoms with Crippen LogP contribution in [0.3, 0.4) is 0 Å². The summed E-state index contributed by atoms with van der Waals surface area (Å²) in [5, 5.41) is 0.197. The van der Waals surface area contributed by atoms with Gasteiger partial charge < -0.3 is 19.1 Å². The van der Waals surface area contributed by atoms with Crippen LogP contribution in [0, 0.1) is 0 Å². The molecule has 0 bridgehead atoms. The van der Waals surface area contributed by atoms with Crippen molar-refractivity contribution in [3.8, 4) is 11.5 Å². The highest BCUT2D eigenvalue weighted by molar-refractivity contribution is 7.92. The van der Waals surface area contributed by atoms with Gasteiger partial charge in [-0.1, -0.05) is 35.9 Å². The lowest BCUT2D eigenvalue weighted by Gasteiger charge is -2.23. The van der Waals surface area contributed by atoms with Crippen molar-refractivity contribution >= 4 is 44.9 Å². The first kappa shape index (κ1) is 27.3. The van der Waals surface area contributed by atoms with Crippen LogP contribution in [0.25, 0.3) is 0 Å². The van der Waals surface area contributed by atoms with E-state index in [4.69, 9.17) is 25.8 Å². The van der Waals surface area contributed by atoms with Crippen molar-refractivity contribution in [3.05, 3.63) is 76.8 Å². The molecule has 3 aromatic rings. The number of hydrogen-bond donors (Lipinski definition) is 0. The summed E-state index contributed by atoms with van der Waals surface area (Å²) in [6, 6.07) is 15.8. The van der Waals surface area contributed by atoms with Crippen molar-refractivity contribution in [2.75, 3.05) is 37.1 Å². The number of benzene rings is 3. The Morgan fingerprint density at radius 3 is 2.45 bits per heavy atom. The van der Waals surface area contributed by atoms with Crippen LogP contribution in [-0.4, -0.2) is 54.2 Å². The highest BCUT2D eigenvalue weighted by Gasteiger charge is 2.31. The Labute approximate surface area is 226 Å². The van der Waals surface area contributed by atoms with Gasteiger partial charge in [-0.3, -0.25) is 9.10 Å². The summed E-state index contributed by atoms with van der Waals surface area (Å²) in [5.74, 6) is -0.626. The molecule has 0 aromatic heterocycles. The molecule has 38 heavy (non-hydrogen) atoms. The zero-order chi connectivity index (χ0) is 27.6. The number of amides is 1. The number of methoxy groups -OCH3 is 2. The lowest BCUT2D eigenvalue weighted by Crippen LogP contribution is -2.38. The molecule has 1 unspecified atom stereocenters. The lowest BCUT2D eigenvalue weighted by atomic mass is 10.1. The van der Waals surface area contributed by atoms with E-state index in [1.807, 2.05) is 31.2 Å². The fourth-order valence-electron chi connectivity index (χ4n) is 4.39. The summed E-state index contributed by atoms with van der Waals surface area (Å²) in [6.45, 7) is 1.45. The summed E-state index contributed by atoms with van der Waals surface area (Å²) in [5.41, 5.74) is 2.02. The molecule has 1 aliphatic heterocycles. The first-order chi connectivity index (χ1) is 18.1. The van der Waals surface area contributed by atoms with Crippen molar-refractivity contribution < 1.29 is 32.2 Å². The number of hydrogen-bond acceptors (Lipinski definition) is 7. The average Bonchev–Trinajstić information content (AvgIpc) is 3.26. The van der Waals surface area contributed by atoms with Crippen molar-refractivity contribution in [1.29, 1.82) is 0 Å². The molecular formula is C27H27ClN2O7S. The molecule has 0 radical (unpaired) electrons. The van der Waals surface area contributed by atoms with Crippen LogP contribution in [0.2, 0.25) is 5.02 Å². The van der Waals surface area contributed by atoms with Gasteiger partial charge in [-0.25, -0.2) is 13.2 Å². The molecule has 0 spiro atoms. The second-order valence-corrected chi connectivity index (χ2v) is 11.1. The number of halogens is 1. The van der Waals surface area contributed by atoms with Crippen LogP contribution in [0.4, 0.5) is 11.4 Å². The monoisotopic (exact) mass is 558 g/mol. The third-order valence-corrected chi connectivity index (χ3v) is 8.39. The molecule has 9 nitrogen and oxygen atoms in total. The maximum absolute atomic E-state index is 13.4. The normalized spacial score (nSPS) is 14.6. The minimum Gasteiger partial charge on any atom is -0.495 e. The second-order valence-electron chi connectivity index (χ2n) is 8.68. The molecule has 4 rings (SSSR count). The molecule has 1 atom stereocenters. The van der Waals surface area contributed by atoms with Gasteiger partial charge in [-0.2, -0.15) is 0 Å². The Hall–Kier alpha value is -3.76. The number of carbonyl (C=O) groups excluding carboxylic acids is 2. The van der Waals surface area contributed by atoms with E-state index in [0.29, 0.717) is 12.2 Å². The van der Waals surface area contributed by atoms with Crippen molar-refractivity contribution in [3.63, 3.8) is 0 Å². The number of sulfonamides is 1. The zero-order valence-corrected chi connectivity index (χ0v) is 22.9. The smallest absolute Gasteiger partial charge is 0.338 e. The topological polar surface area (TPSA) is 102 Å². The molecular weight excluding hydrogens is 532 g/mol. The Bertz CT molecular complexity index is 1490. The molecule has 0 aliphatic carbocycles. The van der Waals surface area contributed by atoms with Crippen LogP contribution in [0.1, 0.15) is 22.8 Å². The van der Waals surface area contributed by atoms with Gasteiger partial charge in [-0.15, -0.1) is 0 Å². The predicted octanol–water partition coefficient (Wildman–Crippen LogP) is 4.32. The van der Waals surface area contributed by atoms with E-state index in [1.165, 1.54) is 57.7 Å². The van der Waals surface area contributed by atoms with Gasteiger partial charge in [0, 0.05) is 24.8 Å². The predicted molar refractivity (Wildman–Crippen MR) is 144 cm³/mol. The van der Waals surface area contributed by atoms with Gasteiger partial charge in [-0.05, 0) is 49.2 Å². The molecule has 11 heteroatoms. The second kappa shape index (κ2) is 10.9. The first-order valence-electron chi connectivity index (χ1n) is 11.7. The van der Waals surface area contributed by atoms with Gasteiger partial charge in [0.25, 0.3) is 15.9 Å². The summed E-state index contributed by atoms with van der Waals surface area (Å²) < 4.78 is 43.6. The largest absolute Gasteiger partial charge is 0.495 e. The number of para-hydroxylation sites is 1. The third kappa shape index (κ3) is 5.14. The number of anilines is 2. The van der Waals surface area contributed by atoms with Crippen LogP contribution in [0.5, 0.6) is 11.5 Å². The number of carbonyl (C=O) groups is 2. The molecule has 0 saturated heterocycles. The first-order valence-corrected chi connectivity index (χ1v) is 13.5. The van der Waals surface area contributed by atoms with Crippen molar-refractivity contribution in [2.24, 2.45) is 0 Å². The molecule has 1 aliphatic rings. The molecule has 3 aromatic carbocycles. The SMILES string of the molecule is COc1cc(OC)c(N(C)S(=O)(=O)c2cccc(C(=O)OCC(=O)N3c4ccccc4CC3C)c2)cc1Cl. The Balaban J connectivity index is 1.52.